The normalized spacial score (nSPS) is 12.4. The van der Waals surface area contributed by atoms with Crippen LogP contribution in [0, 0.1) is 6.92 Å². The van der Waals surface area contributed by atoms with Crippen molar-refractivity contribution in [1.29, 1.82) is 0 Å². The van der Waals surface area contributed by atoms with Gasteiger partial charge in [-0.25, -0.2) is 33.5 Å². The number of anilines is 1. The fourth-order valence-corrected chi connectivity index (χ4v) is 4.21. The summed E-state index contributed by atoms with van der Waals surface area (Å²) in [6, 6.07) is 10.8. The first-order valence-corrected chi connectivity index (χ1v) is 13.3. The van der Waals surface area contributed by atoms with Crippen molar-refractivity contribution in [2.45, 2.75) is 86.0 Å². The Hall–Kier alpha value is -4.41. The van der Waals surface area contributed by atoms with E-state index >= 15 is 0 Å². The Labute approximate surface area is 238 Å². The lowest BCUT2D eigenvalue weighted by atomic mass is 10.1. The van der Waals surface area contributed by atoms with Crippen LogP contribution in [0.3, 0.4) is 0 Å². The number of fused-ring (bicyclic) bond motifs is 2. The second-order valence-corrected chi connectivity index (χ2v) is 12.7. The highest BCUT2D eigenvalue weighted by molar-refractivity contribution is 6.03. The zero-order chi connectivity index (χ0) is 30.5. The van der Waals surface area contributed by atoms with E-state index in [1.54, 1.807) is 75.3 Å². The molecule has 11 heteroatoms. The van der Waals surface area contributed by atoms with Gasteiger partial charge in [0, 0.05) is 10.9 Å². The highest BCUT2D eigenvalue weighted by Crippen LogP contribution is 2.35. The molecule has 3 aromatic heterocycles. The van der Waals surface area contributed by atoms with E-state index in [-0.39, 0.29) is 11.5 Å². The monoisotopic (exact) mass is 563 g/mol. The largest absolute Gasteiger partial charge is 0.444 e. The zero-order valence-corrected chi connectivity index (χ0v) is 25.2. The average Bonchev–Trinajstić information content (AvgIpc) is 3.32. The van der Waals surface area contributed by atoms with Crippen LogP contribution in [0.4, 0.5) is 20.2 Å². The topological polar surface area (TPSA) is 127 Å². The van der Waals surface area contributed by atoms with E-state index in [1.165, 1.54) is 9.13 Å². The molecule has 0 spiro atoms. The third-order valence-electron chi connectivity index (χ3n) is 5.55. The van der Waals surface area contributed by atoms with Gasteiger partial charge in [-0.2, -0.15) is 0 Å². The molecule has 0 unspecified atom stereocenters. The Morgan fingerprint density at radius 1 is 0.756 bits per heavy atom. The van der Waals surface area contributed by atoms with Crippen molar-refractivity contribution in [3.63, 3.8) is 0 Å². The molecular weight excluding hydrogens is 526 g/mol. The molecule has 1 N–H and O–H groups in total. The predicted molar refractivity (Wildman–Crippen MR) is 156 cm³/mol. The molecule has 0 bridgehead atoms. The van der Waals surface area contributed by atoms with Gasteiger partial charge in [0.2, 0.25) is 0 Å². The summed E-state index contributed by atoms with van der Waals surface area (Å²) in [6.07, 6.45) is -2.01. The van der Waals surface area contributed by atoms with E-state index in [0.29, 0.717) is 28.1 Å². The van der Waals surface area contributed by atoms with Crippen molar-refractivity contribution in [2.75, 3.05) is 5.32 Å². The number of carbonyl (C=O) groups is 3. The summed E-state index contributed by atoms with van der Waals surface area (Å²) >= 11 is 0. The Kier molecular flexibility index (Phi) is 7.36. The zero-order valence-electron chi connectivity index (χ0n) is 25.2. The van der Waals surface area contributed by atoms with Gasteiger partial charge in [-0.05, 0) is 87.4 Å². The lowest BCUT2D eigenvalue weighted by Crippen LogP contribution is -2.28. The van der Waals surface area contributed by atoms with Crippen LogP contribution in [-0.2, 0) is 14.2 Å². The summed E-state index contributed by atoms with van der Waals surface area (Å²) in [5.41, 5.74) is -0.329. The van der Waals surface area contributed by atoms with E-state index in [4.69, 9.17) is 14.2 Å². The molecule has 11 nitrogen and oxygen atoms in total. The molecule has 0 saturated heterocycles. The lowest BCUT2D eigenvalue weighted by molar-refractivity contribution is 0.0531. The van der Waals surface area contributed by atoms with Crippen molar-refractivity contribution in [3.8, 4) is 11.3 Å². The minimum absolute atomic E-state index is 0.0902. The molecule has 1 amide bonds. The maximum Gasteiger partial charge on any atom is 0.421 e. The summed E-state index contributed by atoms with van der Waals surface area (Å²) in [4.78, 5) is 48.8. The Morgan fingerprint density at radius 2 is 1.32 bits per heavy atom. The van der Waals surface area contributed by atoms with Gasteiger partial charge in [-0.15, -0.1) is 0 Å². The quantitative estimate of drug-likeness (QED) is 0.252. The number of nitrogens with zero attached hydrogens (tertiary/aromatic N) is 4. The molecule has 0 aliphatic heterocycles. The maximum absolute atomic E-state index is 13.6. The Morgan fingerprint density at radius 3 is 1.90 bits per heavy atom. The summed E-state index contributed by atoms with van der Waals surface area (Å²) in [5.74, 6) is 0.407. The van der Waals surface area contributed by atoms with Crippen molar-refractivity contribution in [3.05, 3.63) is 42.2 Å². The number of benzene rings is 1. The first-order chi connectivity index (χ1) is 18.8. The number of pyridine rings is 1. The van der Waals surface area contributed by atoms with Gasteiger partial charge in [0.05, 0.1) is 11.2 Å². The number of hydrogen-bond donors (Lipinski definition) is 1. The Bertz CT molecular complexity index is 1660. The molecule has 0 atom stereocenters. The number of nitrogens with one attached hydrogen (secondary N) is 1. The summed E-state index contributed by atoms with van der Waals surface area (Å²) in [6.45, 7) is 17.5. The molecule has 41 heavy (non-hydrogen) atoms. The maximum atomic E-state index is 13.6. The number of aromatic nitrogens is 4. The first-order valence-electron chi connectivity index (χ1n) is 13.3. The SMILES string of the molecule is Cc1nc2c(-c3cc4ccccc4n3C(=O)OC(C)(C)C)cc(NC(=O)OC(C)(C)C)nc2n1C(=O)OC(C)(C)C. The van der Waals surface area contributed by atoms with Crippen LogP contribution in [0.25, 0.3) is 33.3 Å². The standard InChI is InChI=1S/C30H37N5O6/c1-17-31-23-19(21-15-18-13-11-12-14-20(18)35(21)27(38)41-30(8,9)10)16-22(33-25(36)39-28(2,3)4)32-24(23)34(17)26(37)40-29(5,6)7/h11-16H,1-10H3,(H,32,33,36). The lowest BCUT2D eigenvalue weighted by Gasteiger charge is -2.21. The Balaban J connectivity index is 2.01. The van der Waals surface area contributed by atoms with E-state index in [1.807, 2.05) is 30.3 Å². The predicted octanol–water partition coefficient (Wildman–Crippen LogP) is 7.27. The van der Waals surface area contributed by atoms with Crippen LogP contribution in [0.15, 0.2) is 36.4 Å². The minimum atomic E-state index is -0.779. The van der Waals surface area contributed by atoms with E-state index in [9.17, 15) is 14.4 Å². The van der Waals surface area contributed by atoms with Gasteiger partial charge < -0.3 is 14.2 Å². The number of imidazole rings is 1. The number of hydrogen-bond acceptors (Lipinski definition) is 8. The molecule has 3 heterocycles. The van der Waals surface area contributed by atoms with Crippen LogP contribution < -0.4 is 5.32 Å². The summed E-state index contributed by atoms with van der Waals surface area (Å²) < 4.78 is 19.5. The van der Waals surface area contributed by atoms with Crippen LogP contribution in [0.2, 0.25) is 0 Å². The number of amides is 1. The van der Waals surface area contributed by atoms with Crippen LogP contribution >= 0.6 is 0 Å². The third-order valence-corrected chi connectivity index (χ3v) is 5.55. The number of ether oxygens (including phenoxy) is 3. The molecule has 0 aliphatic rings. The van der Waals surface area contributed by atoms with E-state index < -0.39 is 35.1 Å². The number of carbonyl (C=O) groups excluding carboxylic acids is 3. The first kappa shape index (κ1) is 29.6. The molecule has 4 aromatic rings. The second-order valence-electron chi connectivity index (χ2n) is 12.7. The average molecular weight is 564 g/mol. The molecule has 218 valence electrons. The van der Waals surface area contributed by atoms with E-state index in [0.717, 1.165) is 5.39 Å². The smallest absolute Gasteiger partial charge is 0.421 e. The van der Waals surface area contributed by atoms with Gasteiger partial charge in [-0.3, -0.25) is 5.32 Å². The molecular formula is C30H37N5O6. The summed E-state index contributed by atoms with van der Waals surface area (Å²) in [5, 5.41) is 3.43. The van der Waals surface area contributed by atoms with Crippen molar-refractivity contribution >= 4 is 46.2 Å². The number of rotatable bonds is 2. The number of para-hydroxylation sites is 1. The van der Waals surface area contributed by atoms with Gasteiger partial charge in [0.15, 0.2) is 5.65 Å². The van der Waals surface area contributed by atoms with Crippen LogP contribution in [0.1, 0.15) is 68.1 Å². The molecule has 0 aliphatic carbocycles. The highest BCUT2D eigenvalue weighted by atomic mass is 16.6. The van der Waals surface area contributed by atoms with Crippen molar-refractivity contribution in [1.82, 2.24) is 19.1 Å². The van der Waals surface area contributed by atoms with Crippen molar-refractivity contribution in [2.24, 2.45) is 0 Å². The van der Waals surface area contributed by atoms with E-state index in [2.05, 4.69) is 15.3 Å². The molecule has 0 radical (unpaired) electrons. The minimum Gasteiger partial charge on any atom is -0.444 e. The van der Waals surface area contributed by atoms with Crippen LogP contribution in [-0.4, -0.2) is 54.2 Å². The second kappa shape index (κ2) is 10.2. The fraction of sp³-hybridized carbons (Fsp3) is 0.433. The van der Waals surface area contributed by atoms with Gasteiger partial charge in [0.25, 0.3) is 0 Å². The molecule has 4 rings (SSSR count). The van der Waals surface area contributed by atoms with Crippen LogP contribution in [0.5, 0.6) is 0 Å². The summed E-state index contributed by atoms with van der Waals surface area (Å²) in [7, 11) is 0. The van der Waals surface area contributed by atoms with Gasteiger partial charge in [-0.1, -0.05) is 18.2 Å². The molecule has 0 saturated carbocycles. The van der Waals surface area contributed by atoms with Gasteiger partial charge >= 0.3 is 18.3 Å². The highest BCUT2D eigenvalue weighted by Gasteiger charge is 2.29. The molecule has 0 fully saturated rings. The third kappa shape index (κ3) is 6.67. The fourth-order valence-electron chi connectivity index (χ4n) is 4.21. The molecule has 1 aromatic carbocycles. The van der Waals surface area contributed by atoms with Crippen molar-refractivity contribution < 1.29 is 28.6 Å². The number of aryl methyl sites for hydroxylation is 1. The van der Waals surface area contributed by atoms with Gasteiger partial charge in [0.1, 0.15) is 34.0 Å².